The lowest BCUT2D eigenvalue weighted by molar-refractivity contribution is -0.144. The average Bonchev–Trinajstić information content (AvgIpc) is 2.41. The van der Waals surface area contributed by atoms with Gasteiger partial charge in [-0.1, -0.05) is 13.0 Å². The van der Waals surface area contributed by atoms with Gasteiger partial charge in [0.15, 0.2) is 0 Å². The maximum absolute atomic E-state index is 13.2. The number of piperidine rings is 1. The molecule has 1 aromatic carbocycles. The third-order valence-electron chi connectivity index (χ3n) is 3.87. The Hall–Kier alpha value is -1.62. The number of rotatable bonds is 5. The third kappa shape index (κ3) is 3.28. The lowest BCUT2D eigenvalue weighted by Gasteiger charge is -2.39. The summed E-state index contributed by atoms with van der Waals surface area (Å²) in [6, 6.07) is 5.97. The standard InChI is InChI=1S/C15H21FN2O2/c1-2-8-18-9-6-15(7-10-18,14(19)20)17-13-5-3-4-12(16)11-13/h3-5,11,17H,2,6-10H2,1H3,(H,19,20). The second-order valence-electron chi connectivity index (χ2n) is 5.36. The number of aliphatic carboxylic acids is 1. The van der Waals surface area contributed by atoms with Crippen molar-refractivity contribution in [1.29, 1.82) is 0 Å². The molecule has 2 N–H and O–H groups in total. The van der Waals surface area contributed by atoms with Crippen molar-refractivity contribution in [2.45, 2.75) is 31.7 Å². The van der Waals surface area contributed by atoms with E-state index in [0.29, 0.717) is 18.5 Å². The molecule has 0 saturated carbocycles. The van der Waals surface area contributed by atoms with Crippen LogP contribution in [-0.4, -0.2) is 41.1 Å². The number of hydrogen-bond acceptors (Lipinski definition) is 3. The van der Waals surface area contributed by atoms with Gasteiger partial charge in [-0.3, -0.25) is 0 Å². The van der Waals surface area contributed by atoms with Crippen LogP contribution in [0.5, 0.6) is 0 Å². The second kappa shape index (κ2) is 6.22. The molecule has 1 aromatic rings. The number of halogens is 1. The van der Waals surface area contributed by atoms with Gasteiger partial charge in [-0.05, 0) is 44.0 Å². The van der Waals surface area contributed by atoms with Gasteiger partial charge in [0, 0.05) is 18.8 Å². The highest BCUT2D eigenvalue weighted by atomic mass is 19.1. The second-order valence-corrected chi connectivity index (χ2v) is 5.36. The quantitative estimate of drug-likeness (QED) is 0.870. The van der Waals surface area contributed by atoms with Gasteiger partial charge in [-0.2, -0.15) is 0 Å². The van der Waals surface area contributed by atoms with Crippen LogP contribution in [0.3, 0.4) is 0 Å². The summed E-state index contributed by atoms with van der Waals surface area (Å²) >= 11 is 0. The highest BCUT2D eigenvalue weighted by Gasteiger charge is 2.41. The highest BCUT2D eigenvalue weighted by molar-refractivity contribution is 5.83. The summed E-state index contributed by atoms with van der Waals surface area (Å²) in [5, 5.41) is 12.6. The zero-order chi connectivity index (χ0) is 14.6. The van der Waals surface area contributed by atoms with Crippen molar-refractivity contribution < 1.29 is 14.3 Å². The number of nitrogens with one attached hydrogen (secondary N) is 1. The first-order valence-electron chi connectivity index (χ1n) is 7.05. The van der Waals surface area contributed by atoms with Gasteiger partial charge in [0.1, 0.15) is 11.4 Å². The molecule has 5 heteroatoms. The van der Waals surface area contributed by atoms with E-state index < -0.39 is 11.5 Å². The summed E-state index contributed by atoms with van der Waals surface area (Å²) in [7, 11) is 0. The van der Waals surface area contributed by atoms with Crippen LogP contribution < -0.4 is 5.32 Å². The van der Waals surface area contributed by atoms with E-state index in [-0.39, 0.29) is 5.82 Å². The predicted molar refractivity (Wildman–Crippen MR) is 76.4 cm³/mol. The van der Waals surface area contributed by atoms with Crippen LogP contribution in [0.1, 0.15) is 26.2 Å². The molecule has 0 bridgehead atoms. The number of nitrogens with zero attached hydrogens (tertiary/aromatic N) is 1. The zero-order valence-electron chi connectivity index (χ0n) is 11.7. The van der Waals surface area contributed by atoms with E-state index in [1.165, 1.54) is 12.1 Å². The van der Waals surface area contributed by atoms with Gasteiger partial charge in [-0.15, -0.1) is 0 Å². The van der Waals surface area contributed by atoms with E-state index in [4.69, 9.17) is 0 Å². The van der Waals surface area contributed by atoms with Crippen LogP contribution in [0.2, 0.25) is 0 Å². The molecule has 1 fully saturated rings. The first-order chi connectivity index (χ1) is 9.55. The summed E-state index contributed by atoms with van der Waals surface area (Å²) in [6.45, 7) is 4.62. The molecule has 110 valence electrons. The van der Waals surface area contributed by atoms with Gasteiger partial charge in [0.05, 0.1) is 0 Å². The Morgan fingerprint density at radius 1 is 1.45 bits per heavy atom. The maximum Gasteiger partial charge on any atom is 0.329 e. The highest BCUT2D eigenvalue weighted by Crippen LogP contribution is 2.28. The topological polar surface area (TPSA) is 52.6 Å². The molecule has 0 atom stereocenters. The van der Waals surface area contributed by atoms with Crippen molar-refractivity contribution in [2.75, 3.05) is 25.0 Å². The van der Waals surface area contributed by atoms with E-state index in [1.54, 1.807) is 12.1 Å². The molecule has 4 nitrogen and oxygen atoms in total. The first-order valence-corrected chi connectivity index (χ1v) is 7.05. The number of carbonyl (C=O) groups is 1. The minimum absolute atomic E-state index is 0.362. The van der Waals surface area contributed by atoms with Crippen molar-refractivity contribution in [1.82, 2.24) is 4.90 Å². The van der Waals surface area contributed by atoms with E-state index in [0.717, 1.165) is 26.1 Å². The van der Waals surface area contributed by atoms with Crippen molar-refractivity contribution in [3.63, 3.8) is 0 Å². The fourth-order valence-corrected chi connectivity index (χ4v) is 2.71. The SMILES string of the molecule is CCCN1CCC(Nc2cccc(F)c2)(C(=O)O)CC1. The van der Waals surface area contributed by atoms with Crippen molar-refractivity contribution in [3.8, 4) is 0 Å². The molecular formula is C15H21FN2O2. The Labute approximate surface area is 118 Å². The number of carboxylic acids is 1. The predicted octanol–water partition coefficient (Wildman–Crippen LogP) is 2.57. The Balaban J connectivity index is 2.10. The van der Waals surface area contributed by atoms with Gasteiger partial charge < -0.3 is 15.3 Å². The summed E-state index contributed by atoms with van der Waals surface area (Å²) in [6.07, 6.45) is 2.12. The Morgan fingerprint density at radius 3 is 2.70 bits per heavy atom. The summed E-state index contributed by atoms with van der Waals surface area (Å²) in [5.41, 5.74) is -0.464. The molecule has 1 heterocycles. The van der Waals surface area contributed by atoms with E-state index >= 15 is 0 Å². The number of anilines is 1. The lowest BCUT2D eigenvalue weighted by atomic mass is 9.87. The van der Waals surface area contributed by atoms with Gasteiger partial charge >= 0.3 is 5.97 Å². The number of likely N-dealkylation sites (tertiary alicyclic amines) is 1. The molecule has 0 aliphatic carbocycles. The smallest absolute Gasteiger partial charge is 0.329 e. The largest absolute Gasteiger partial charge is 0.480 e. The molecule has 0 aromatic heterocycles. The van der Waals surface area contributed by atoms with Crippen LogP contribution in [-0.2, 0) is 4.79 Å². The fraction of sp³-hybridized carbons (Fsp3) is 0.533. The van der Waals surface area contributed by atoms with Crippen LogP contribution in [0.15, 0.2) is 24.3 Å². The Bertz CT molecular complexity index is 471. The van der Waals surface area contributed by atoms with Gasteiger partial charge in [0.25, 0.3) is 0 Å². The van der Waals surface area contributed by atoms with Crippen molar-refractivity contribution >= 4 is 11.7 Å². The molecule has 1 aliphatic heterocycles. The molecule has 0 radical (unpaired) electrons. The zero-order valence-corrected chi connectivity index (χ0v) is 11.7. The molecule has 1 aliphatic rings. The Morgan fingerprint density at radius 2 is 2.15 bits per heavy atom. The van der Waals surface area contributed by atoms with E-state index in [1.807, 2.05) is 0 Å². The molecule has 2 rings (SSSR count). The number of benzene rings is 1. The summed E-state index contributed by atoms with van der Waals surface area (Å²) in [5.74, 6) is -1.23. The first kappa shape index (κ1) is 14.8. The Kier molecular flexibility index (Phi) is 4.60. The van der Waals surface area contributed by atoms with E-state index in [2.05, 4.69) is 17.1 Å². The van der Waals surface area contributed by atoms with Crippen molar-refractivity contribution in [2.24, 2.45) is 0 Å². The molecule has 0 spiro atoms. The molecular weight excluding hydrogens is 259 g/mol. The lowest BCUT2D eigenvalue weighted by Crippen LogP contribution is -2.54. The fourth-order valence-electron chi connectivity index (χ4n) is 2.71. The van der Waals surface area contributed by atoms with Crippen molar-refractivity contribution in [3.05, 3.63) is 30.1 Å². The van der Waals surface area contributed by atoms with E-state index in [9.17, 15) is 14.3 Å². The van der Waals surface area contributed by atoms with Gasteiger partial charge in [0.2, 0.25) is 0 Å². The minimum Gasteiger partial charge on any atom is -0.480 e. The van der Waals surface area contributed by atoms with Crippen LogP contribution in [0.4, 0.5) is 10.1 Å². The van der Waals surface area contributed by atoms with Gasteiger partial charge in [-0.25, -0.2) is 9.18 Å². The molecule has 0 amide bonds. The summed E-state index contributed by atoms with van der Waals surface area (Å²) < 4.78 is 13.2. The normalized spacial score (nSPS) is 18.7. The minimum atomic E-state index is -0.988. The monoisotopic (exact) mass is 280 g/mol. The third-order valence-corrected chi connectivity index (χ3v) is 3.87. The van der Waals surface area contributed by atoms with Crippen LogP contribution >= 0.6 is 0 Å². The molecule has 20 heavy (non-hydrogen) atoms. The van der Waals surface area contributed by atoms with Crippen LogP contribution in [0, 0.1) is 5.82 Å². The maximum atomic E-state index is 13.2. The average molecular weight is 280 g/mol. The number of carboxylic acid groups (broad SMARTS) is 1. The summed E-state index contributed by atoms with van der Waals surface area (Å²) in [4.78, 5) is 13.9. The van der Waals surface area contributed by atoms with Crippen LogP contribution in [0.25, 0.3) is 0 Å². The molecule has 0 unspecified atom stereocenters. The number of hydrogen-bond donors (Lipinski definition) is 2. The molecule has 1 saturated heterocycles.